The monoisotopic (exact) mass is 295 g/mol. The predicted octanol–water partition coefficient (Wildman–Crippen LogP) is 2.51. The molecule has 2 rings (SSSR count). The van der Waals surface area contributed by atoms with E-state index in [0.717, 1.165) is 5.56 Å². The van der Waals surface area contributed by atoms with Crippen LogP contribution in [0.2, 0.25) is 0 Å². The summed E-state index contributed by atoms with van der Waals surface area (Å²) in [5.74, 6) is -1.55. The van der Waals surface area contributed by atoms with Gasteiger partial charge in [-0.1, -0.05) is 67.2 Å². The summed E-state index contributed by atoms with van der Waals surface area (Å²) in [5, 5.41) is 11.8. The second-order valence-corrected chi connectivity index (χ2v) is 4.90. The van der Waals surface area contributed by atoms with Crippen molar-refractivity contribution in [2.45, 2.75) is 12.5 Å². The molecule has 22 heavy (non-hydrogen) atoms. The van der Waals surface area contributed by atoms with E-state index in [1.165, 1.54) is 0 Å². The summed E-state index contributed by atoms with van der Waals surface area (Å²) in [7, 11) is 0. The van der Waals surface area contributed by atoms with Gasteiger partial charge < -0.3 is 10.4 Å². The number of carbonyl (C=O) groups excluding carboxylic acids is 1. The van der Waals surface area contributed by atoms with Gasteiger partial charge in [0.1, 0.15) is 6.04 Å². The summed E-state index contributed by atoms with van der Waals surface area (Å²) in [6.45, 7) is 3.74. The zero-order valence-corrected chi connectivity index (χ0v) is 12.0. The number of amides is 1. The Balaban J connectivity index is 2.06. The number of carboxylic acids is 1. The molecule has 0 radical (unpaired) electrons. The maximum absolute atomic E-state index is 12.2. The SMILES string of the molecule is C=C(C(=O)NC(Cc1ccccc1)C(=O)O)c1ccccc1. The van der Waals surface area contributed by atoms with Crippen molar-refractivity contribution in [2.75, 3.05) is 0 Å². The van der Waals surface area contributed by atoms with Gasteiger partial charge in [-0.2, -0.15) is 0 Å². The highest BCUT2D eigenvalue weighted by molar-refractivity contribution is 6.19. The molecule has 1 unspecified atom stereocenters. The Morgan fingerprint density at radius 3 is 2.09 bits per heavy atom. The molecule has 1 atom stereocenters. The molecule has 0 aliphatic heterocycles. The first kappa shape index (κ1) is 15.5. The standard InChI is InChI=1S/C18H17NO3/c1-13(15-10-6-3-7-11-15)17(20)19-16(18(21)22)12-14-8-4-2-5-9-14/h2-11,16H,1,12H2,(H,19,20)(H,21,22). The highest BCUT2D eigenvalue weighted by Gasteiger charge is 2.21. The molecule has 112 valence electrons. The number of aliphatic carboxylic acids is 1. The van der Waals surface area contributed by atoms with Gasteiger partial charge in [0.05, 0.1) is 0 Å². The minimum Gasteiger partial charge on any atom is -0.480 e. The minimum absolute atomic E-state index is 0.226. The molecule has 4 heteroatoms. The van der Waals surface area contributed by atoms with Crippen LogP contribution in [0, 0.1) is 0 Å². The molecule has 0 fully saturated rings. The molecule has 2 N–H and O–H groups in total. The van der Waals surface area contributed by atoms with Gasteiger partial charge in [0.2, 0.25) is 0 Å². The topological polar surface area (TPSA) is 66.4 Å². The van der Waals surface area contributed by atoms with E-state index in [-0.39, 0.29) is 12.0 Å². The molecular formula is C18H17NO3. The van der Waals surface area contributed by atoms with E-state index in [4.69, 9.17) is 0 Å². The van der Waals surface area contributed by atoms with Crippen LogP contribution in [0.15, 0.2) is 67.2 Å². The van der Waals surface area contributed by atoms with Gasteiger partial charge >= 0.3 is 5.97 Å². The average molecular weight is 295 g/mol. The van der Waals surface area contributed by atoms with Gasteiger partial charge in [-0.3, -0.25) is 4.79 Å². The third-order valence-corrected chi connectivity index (χ3v) is 3.28. The lowest BCUT2D eigenvalue weighted by Gasteiger charge is -2.15. The van der Waals surface area contributed by atoms with Gasteiger partial charge in [-0.15, -0.1) is 0 Å². The summed E-state index contributed by atoms with van der Waals surface area (Å²) in [6, 6.07) is 17.1. The van der Waals surface area contributed by atoms with Crippen molar-refractivity contribution in [3.8, 4) is 0 Å². The van der Waals surface area contributed by atoms with Crippen molar-refractivity contribution in [2.24, 2.45) is 0 Å². The Labute approximate surface area is 129 Å². The van der Waals surface area contributed by atoms with Crippen molar-refractivity contribution in [1.82, 2.24) is 5.32 Å². The largest absolute Gasteiger partial charge is 0.480 e. The molecule has 0 spiro atoms. The Kier molecular flexibility index (Phi) is 5.09. The molecule has 1 amide bonds. The van der Waals surface area contributed by atoms with Crippen LogP contribution < -0.4 is 5.32 Å². The van der Waals surface area contributed by atoms with Crippen LogP contribution in [0.1, 0.15) is 11.1 Å². The Morgan fingerprint density at radius 2 is 1.55 bits per heavy atom. The second-order valence-electron chi connectivity index (χ2n) is 4.90. The van der Waals surface area contributed by atoms with E-state index >= 15 is 0 Å². The summed E-state index contributed by atoms with van der Waals surface area (Å²) < 4.78 is 0. The fourth-order valence-electron chi connectivity index (χ4n) is 2.07. The first-order valence-electron chi connectivity index (χ1n) is 6.90. The fourth-order valence-corrected chi connectivity index (χ4v) is 2.07. The van der Waals surface area contributed by atoms with E-state index in [2.05, 4.69) is 11.9 Å². The van der Waals surface area contributed by atoms with Gasteiger partial charge in [0, 0.05) is 12.0 Å². The third kappa shape index (κ3) is 4.06. The number of carboxylic acid groups (broad SMARTS) is 1. The highest BCUT2D eigenvalue weighted by atomic mass is 16.4. The van der Waals surface area contributed by atoms with Crippen LogP contribution >= 0.6 is 0 Å². The lowest BCUT2D eigenvalue weighted by molar-refractivity contribution is -0.141. The van der Waals surface area contributed by atoms with Gasteiger partial charge in [0.25, 0.3) is 5.91 Å². The van der Waals surface area contributed by atoms with Crippen LogP contribution in [-0.2, 0) is 16.0 Å². The lowest BCUT2D eigenvalue weighted by Crippen LogP contribution is -2.42. The number of hydrogen-bond donors (Lipinski definition) is 2. The quantitative estimate of drug-likeness (QED) is 0.805. The summed E-state index contributed by atoms with van der Waals surface area (Å²) in [4.78, 5) is 23.5. The maximum Gasteiger partial charge on any atom is 0.326 e. The first-order chi connectivity index (χ1) is 10.6. The van der Waals surface area contributed by atoms with Gasteiger partial charge in [-0.05, 0) is 11.1 Å². The Hall–Kier alpha value is -2.88. The molecule has 0 bridgehead atoms. The molecule has 2 aromatic rings. The molecular weight excluding hydrogens is 278 g/mol. The number of carbonyl (C=O) groups is 2. The van der Waals surface area contributed by atoms with Crippen LogP contribution in [-0.4, -0.2) is 23.0 Å². The second kappa shape index (κ2) is 7.22. The molecule has 0 saturated heterocycles. The third-order valence-electron chi connectivity index (χ3n) is 3.28. The minimum atomic E-state index is -1.07. The van der Waals surface area contributed by atoms with E-state index in [1.807, 2.05) is 36.4 Å². The van der Waals surface area contributed by atoms with E-state index in [1.54, 1.807) is 24.3 Å². The molecule has 0 aliphatic rings. The van der Waals surface area contributed by atoms with Crippen LogP contribution in [0.4, 0.5) is 0 Å². The van der Waals surface area contributed by atoms with Crippen molar-refractivity contribution < 1.29 is 14.7 Å². The van der Waals surface area contributed by atoms with E-state index in [9.17, 15) is 14.7 Å². The zero-order chi connectivity index (χ0) is 15.9. The smallest absolute Gasteiger partial charge is 0.326 e. The Morgan fingerprint density at radius 1 is 1.00 bits per heavy atom. The average Bonchev–Trinajstić information content (AvgIpc) is 2.55. The molecule has 0 aromatic heterocycles. The number of benzene rings is 2. The van der Waals surface area contributed by atoms with Gasteiger partial charge in [0.15, 0.2) is 0 Å². The van der Waals surface area contributed by atoms with Crippen LogP contribution in [0.25, 0.3) is 5.57 Å². The van der Waals surface area contributed by atoms with Crippen molar-refractivity contribution in [1.29, 1.82) is 0 Å². The molecule has 0 heterocycles. The van der Waals surface area contributed by atoms with Gasteiger partial charge in [-0.25, -0.2) is 4.79 Å². The number of nitrogens with one attached hydrogen (secondary N) is 1. The first-order valence-corrected chi connectivity index (χ1v) is 6.90. The summed E-state index contributed by atoms with van der Waals surface area (Å²) in [6.07, 6.45) is 0.226. The van der Waals surface area contributed by atoms with E-state index < -0.39 is 17.9 Å². The zero-order valence-electron chi connectivity index (χ0n) is 12.0. The normalized spacial score (nSPS) is 11.5. The fraction of sp³-hybridized carbons (Fsp3) is 0.111. The highest BCUT2D eigenvalue weighted by Crippen LogP contribution is 2.12. The van der Waals surface area contributed by atoms with E-state index in [0.29, 0.717) is 5.56 Å². The maximum atomic E-state index is 12.2. The molecule has 0 aliphatic carbocycles. The molecule has 2 aromatic carbocycles. The molecule has 4 nitrogen and oxygen atoms in total. The number of hydrogen-bond acceptors (Lipinski definition) is 2. The van der Waals surface area contributed by atoms with Crippen molar-refractivity contribution >= 4 is 17.4 Å². The lowest BCUT2D eigenvalue weighted by atomic mass is 10.0. The van der Waals surface area contributed by atoms with Crippen molar-refractivity contribution in [3.05, 3.63) is 78.4 Å². The van der Waals surface area contributed by atoms with Crippen LogP contribution in [0.3, 0.4) is 0 Å². The number of rotatable bonds is 6. The van der Waals surface area contributed by atoms with Crippen LogP contribution in [0.5, 0.6) is 0 Å². The van der Waals surface area contributed by atoms with Crippen molar-refractivity contribution in [3.63, 3.8) is 0 Å². The summed E-state index contributed by atoms with van der Waals surface area (Å²) >= 11 is 0. The molecule has 0 saturated carbocycles. The predicted molar refractivity (Wildman–Crippen MR) is 85.2 cm³/mol. The Bertz CT molecular complexity index is 665. The summed E-state index contributed by atoms with van der Waals surface area (Å²) in [5.41, 5.74) is 1.77.